The number of aliphatic carboxylic acids is 1. The number of rotatable bonds is 6. The first kappa shape index (κ1) is 18.8. The predicted octanol–water partition coefficient (Wildman–Crippen LogP) is 3.64. The zero-order chi connectivity index (χ0) is 19.2. The maximum Gasteiger partial charge on any atom is 0.306 e. The second-order valence-corrected chi connectivity index (χ2v) is 6.86. The Balaban J connectivity index is 1.50. The summed E-state index contributed by atoms with van der Waals surface area (Å²) in [6.45, 7) is 0.908. The molecule has 27 heavy (non-hydrogen) atoms. The molecule has 0 aliphatic carbocycles. The van der Waals surface area contributed by atoms with Gasteiger partial charge in [-0.1, -0.05) is 54.6 Å². The highest BCUT2D eigenvalue weighted by Gasteiger charge is 2.27. The molecule has 1 aliphatic rings. The van der Waals surface area contributed by atoms with Crippen LogP contribution in [0.1, 0.15) is 36.0 Å². The van der Waals surface area contributed by atoms with Crippen LogP contribution in [-0.4, -0.2) is 40.8 Å². The molecule has 2 aromatic carbocycles. The van der Waals surface area contributed by atoms with Crippen LogP contribution >= 0.6 is 0 Å². The average molecular weight is 365 g/mol. The van der Waals surface area contributed by atoms with Gasteiger partial charge in [-0.15, -0.1) is 0 Å². The minimum Gasteiger partial charge on any atom is -0.481 e. The summed E-state index contributed by atoms with van der Waals surface area (Å²) in [6, 6.07) is 17.4. The molecule has 1 saturated heterocycles. The van der Waals surface area contributed by atoms with Crippen molar-refractivity contribution in [3.63, 3.8) is 0 Å². The number of piperidine rings is 1. The third-order valence-electron chi connectivity index (χ3n) is 5.08. The molecule has 2 aromatic rings. The number of carbonyl (C=O) groups excluding carboxylic acids is 2. The van der Waals surface area contributed by atoms with Crippen LogP contribution in [0.15, 0.2) is 54.6 Å². The standard InChI is InChI=1S/C22H23NO4/c24-20(10-11-21(25)23-14-12-19(13-15-23)22(26)27)18-8-6-17(7-9-18)16-4-2-1-3-5-16/h1-9,19H,10-15H2,(H,26,27). The van der Waals surface area contributed by atoms with Gasteiger partial charge >= 0.3 is 5.97 Å². The van der Waals surface area contributed by atoms with Gasteiger partial charge in [-0.05, 0) is 24.0 Å². The van der Waals surface area contributed by atoms with Crippen LogP contribution in [-0.2, 0) is 9.59 Å². The van der Waals surface area contributed by atoms with Gasteiger partial charge in [0.2, 0.25) is 5.91 Å². The molecule has 3 rings (SSSR count). The van der Waals surface area contributed by atoms with E-state index in [4.69, 9.17) is 5.11 Å². The maximum atomic E-state index is 12.4. The lowest BCUT2D eigenvalue weighted by molar-refractivity contribution is -0.145. The average Bonchev–Trinajstić information content (AvgIpc) is 2.72. The number of likely N-dealkylation sites (tertiary alicyclic amines) is 1. The molecule has 0 radical (unpaired) electrons. The number of carboxylic acids is 1. The fourth-order valence-corrected chi connectivity index (χ4v) is 3.38. The van der Waals surface area contributed by atoms with Crippen molar-refractivity contribution in [1.29, 1.82) is 0 Å². The van der Waals surface area contributed by atoms with Gasteiger partial charge in [0.25, 0.3) is 0 Å². The van der Waals surface area contributed by atoms with Gasteiger partial charge < -0.3 is 10.0 Å². The van der Waals surface area contributed by atoms with E-state index in [1.807, 2.05) is 42.5 Å². The lowest BCUT2D eigenvalue weighted by Crippen LogP contribution is -2.40. The third-order valence-corrected chi connectivity index (χ3v) is 5.08. The Hall–Kier alpha value is -2.95. The van der Waals surface area contributed by atoms with E-state index >= 15 is 0 Å². The molecule has 0 atom stereocenters. The molecule has 140 valence electrons. The molecule has 0 spiro atoms. The van der Waals surface area contributed by atoms with E-state index in [2.05, 4.69) is 0 Å². The number of hydrogen-bond donors (Lipinski definition) is 1. The molecule has 0 aromatic heterocycles. The molecule has 5 nitrogen and oxygen atoms in total. The van der Waals surface area contributed by atoms with Crippen LogP contribution < -0.4 is 0 Å². The second-order valence-electron chi connectivity index (χ2n) is 6.86. The van der Waals surface area contributed by atoms with Crippen LogP contribution in [0.4, 0.5) is 0 Å². The van der Waals surface area contributed by atoms with Crippen molar-refractivity contribution in [3.05, 3.63) is 60.2 Å². The Morgan fingerprint density at radius 1 is 0.852 bits per heavy atom. The van der Waals surface area contributed by atoms with Crippen molar-refractivity contribution in [3.8, 4) is 11.1 Å². The lowest BCUT2D eigenvalue weighted by atomic mass is 9.96. The molecule has 0 unspecified atom stereocenters. The largest absolute Gasteiger partial charge is 0.481 e. The molecule has 1 fully saturated rings. The summed E-state index contributed by atoms with van der Waals surface area (Å²) < 4.78 is 0. The monoisotopic (exact) mass is 365 g/mol. The fraction of sp³-hybridized carbons (Fsp3) is 0.318. The summed E-state index contributed by atoms with van der Waals surface area (Å²) in [5.41, 5.74) is 2.74. The molecule has 1 N–H and O–H groups in total. The third kappa shape index (κ3) is 4.82. The number of Topliss-reactive ketones (excluding diaryl/α,β-unsaturated/α-hetero) is 1. The van der Waals surface area contributed by atoms with Gasteiger partial charge in [0.1, 0.15) is 0 Å². The number of hydrogen-bond acceptors (Lipinski definition) is 3. The summed E-state index contributed by atoms with van der Waals surface area (Å²) in [5, 5.41) is 9.01. The van der Waals surface area contributed by atoms with Crippen LogP contribution in [0.2, 0.25) is 0 Å². The Labute approximate surface area is 158 Å². The zero-order valence-corrected chi connectivity index (χ0v) is 15.1. The van der Waals surface area contributed by atoms with E-state index in [0.29, 0.717) is 31.5 Å². The molecular formula is C22H23NO4. The predicted molar refractivity (Wildman–Crippen MR) is 102 cm³/mol. The number of amides is 1. The number of benzene rings is 2. The van der Waals surface area contributed by atoms with Crippen molar-refractivity contribution in [2.45, 2.75) is 25.7 Å². The van der Waals surface area contributed by atoms with E-state index < -0.39 is 5.97 Å². The van der Waals surface area contributed by atoms with E-state index in [0.717, 1.165) is 11.1 Å². The van der Waals surface area contributed by atoms with Crippen molar-refractivity contribution in [1.82, 2.24) is 4.90 Å². The number of carboxylic acid groups (broad SMARTS) is 1. The quantitative estimate of drug-likeness (QED) is 0.793. The van der Waals surface area contributed by atoms with Gasteiger partial charge in [-0.3, -0.25) is 14.4 Å². The maximum absolute atomic E-state index is 12.4. The molecule has 0 saturated carbocycles. The summed E-state index contributed by atoms with van der Waals surface area (Å²) in [5.74, 6) is -1.29. The smallest absolute Gasteiger partial charge is 0.306 e. The van der Waals surface area contributed by atoms with Gasteiger partial charge in [0, 0.05) is 31.5 Å². The number of carbonyl (C=O) groups is 3. The lowest BCUT2D eigenvalue weighted by Gasteiger charge is -2.30. The Morgan fingerprint density at radius 2 is 1.44 bits per heavy atom. The molecule has 1 amide bonds. The first-order valence-electron chi connectivity index (χ1n) is 9.24. The first-order valence-corrected chi connectivity index (χ1v) is 9.24. The molecule has 1 aliphatic heterocycles. The minimum absolute atomic E-state index is 0.0524. The van der Waals surface area contributed by atoms with Gasteiger partial charge in [0.15, 0.2) is 5.78 Å². The Morgan fingerprint density at radius 3 is 2.04 bits per heavy atom. The number of ketones is 1. The Bertz CT molecular complexity index is 806. The summed E-state index contributed by atoms with van der Waals surface area (Å²) in [6.07, 6.45) is 1.30. The van der Waals surface area contributed by atoms with Gasteiger partial charge in [0.05, 0.1) is 5.92 Å². The SMILES string of the molecule is O=C(CCC(=O)N1CCC(C(=O)O)CC1)c1ccc(-c2ccccc2)cc1. The summed E-state index contributed by atoms with van der Waals surface area (Å²) in [7, 11) is 0. The van der Waals surface area contributed by atoms with Crippen LogP contribution in [0.5, 0.6) is 0 Å². The first-order chi connectivity index (χ1) is 13.0. The zero-order valence-electron chi connectivity index (χ0n) is 15.1. The van der Waals surface area contributed by atoms with E-state index in [9.17, 15) is 14.4 Å². The summed E-state index contributed by atoms with van der Waals surface area (Å²) >= 11 is 0. The Kier molecular flexibility index (Phi) is 6.01. The fourth-order valence-electron chi connectivity index (χ4n) is 3.38. The van der Waals surface area contributed by atoms with Crippen LogP contribution in [0, 0.1) is 5.92 Å². The van der Waals surface area contributed by atoms with E-state index in [1.165, 1.54) is 0 Å². The topological polar surface area (TPSA) is 74.7 Å². The van der Waals surface area contributed by atoms with Crippen molar-refractivity contribution < 1.29 is 19.5 Å². The highest BCUT2D eigenvalue weighted by molar-refractivity contribution is 5.98. The highest BCUT2D eigenvalue weighted by Crippen LogP contribution is 2.21. The minimum atomic E-state index is -0.795. The molecular weight excluding hydrogens is 342 g/mol. The summed E-state index contributed by atoms with van der Waals surface area (Å²) in [4.78, 5) is 37.3. The van der Waals surface area contributed by atoms with Crippen molar-refractivity contribution in [2.75, 3.05) is 13.1 Å². The second kappa shape index (κ2) is 8.62. The van der Waals surface area contributed by atoms with Crippen LogP contribution in [0.3, 0.4) is 0 Å². The van der Waals surface area contributed by atoms with Crippen LogP contribution in [0.25, 0.3) is 11.1 Å². The van der Waals surface area contributed by atoms with Crippen molar-refractivity contribution in [2.24, 2.45) is 5.92 Å². The molecule has 1 heterocycles. The molecule has 5 heteroatoms. The number of nitrogens with zero attached hydrogens (tertiary/aromatic N) is 1. The van der Waals surface area contributed by atoms with Gasteiger partial charge in [-0.25, -0.2) is 0 Å². The van der Waals surface area contributed by atoms with E-state index in [-0.39, 0.29) is 30.4 Å². The normalized spacial score (nSPS) is 14.7. The van der Waals surface area contributed by atoms with E-state index in [1.54, 1.807) is 17.0 Å². The van der Waals surface area contributed by atoms with Gasteiger partial charge in [-0.2, -0.15) is 0 Å². The van der Waals surface area contributed by atoms with Crippen molar-refractivity contribution >= 4 is 17.7 Å². The highest BCUT2D eigenvalue weighted by atomic mass is 16.4. The molecule has 0 bridgehead atoms.